The van der Waals surface area contributed by atoms with Crippen molar-refractivity contribution >= 4 is 29.3 Å². The zero-order valence-electron chi connectivity index (χ0n) is 18.6. The Bertz CT molecular complexity index is 1010. The molecule has 2 aromatic rings. The van der Waals surface area contributed by atoms with Gasteiger partial charge in [-0.1, -0.05) is 0 Å². The Labute approximate surface area is 187 Å². The van der Waals surface area contributed by atoms with Crippen molar-refractivity contribution in [3.8, 4) is 0 Å². The van der Waals surface area contributed by atoms with Crippen molar-refractivity contribution in [2.45, 2.75) is 33.2 Å². The molecule has 32 heavy (non-hydrogen) atoms. The van der Waals surface area contributed by atoms with E-state index in [-0.39, 0.29) is 24.8 Å². The minimum atomic E-state index is -0.469. The van der Waals surface area contributed by atoms with Crippen molar-refractivity contribution in [3.63, 3.8) is 0 Å². The second-order valence-corrected chi connectivity index (χ2v) is 7.99. The smallest absolute Gasteiger partial charge is 0.338 e. The molecule has 0 unspecified atom stereocenters. The maximum Gasteiger partial charge on any atom is 0.338 e. The first-order chi connectivity index (χ1) is 15.4. The summed E-state index contributed by atoms with van der Waals surface area (Å²) in [5.41, 5.74) is 1.79. The molecule has 0 bridgehead atoms. The van der Waals surface area contributed by atoms with Gasteiger partial charge in [0.2, 0.25) is 5.91 Å². The predicted octanol–water partition coefficient (Wildman–Crippen LogP) is 1.72. The zero-order chi connectivity index (χ0) is 22.8. The summed E-state index contributed by atoms with van der Waals surface area (Å²) in [6.07, 6.45) is 0.157. The van der Waals surface area contributed by atoms with Gasteiger partial charge in [-0.15, -0.1) is 0 Å². The molecule has 0 radical (unpaired) electrons. The first-order valence-corrected chi connectivity index (χ1v) is 10.8. The van der Waals surface area contributed by atoms with Gasteiger partial charge in [0.1, 0.15) is 11.6 Å². The van der Waals surface area contributed by atoms with Crippen LogP contribution in [0.2, 0.25) is 0 Å². The van der Waals surface area contributed by atoms with Crippen molar-refractivity contribution in [2.75, 3.05) is 42.6 Å². The summed E-state index contributed by atoms with van der Waals surface area (Å²) < 4.78 is 4.98. The number of anilines is 2. The monoisotopic (exact) mass is 437 g/mol. The Kier molecular flexibility index (Phi) is 6.18. The molecule has 1 aromatic heterocycles. The van der Waals surface area contributed by atoms with Gasteiger partial charge in [0.05, 0.1) is 30.3 Å². The van der Waals surface area contributed by atoms with Crippen LogP contribution in [0.5, 0.6) is 0 Å². The lowest BCUT2D eigenvalue weighted by molar-refractivity contribution is -0.123. The predicted molar refractivity (Wildman–Crippen MR) is 119 cm³/mol. The van der Waals surface area contributed by atoms with Gasteiger partial charge >= 0.3 is 5.97 Å². The molecular weight excluding hydrogens is 410 g/mol. The van der Waals surface area contributed by atoms with Crippen molar-refractivity contribution in [1.82, 2.24) is 14.9 Å². The number of imide groups is 1. The number of esters is 1. The largest absolute Gasteiger partial charge is 0.462 e. The molecule has 0 saturated carbocycles. The summed E-state index contributed by atoms with van der Waals surface area (Å²) in [5.74, 6) is 0.757. The van der Waals surface area contributed by atoms with Crippen LogP contribution in [0.1, 0.15) is 35.2 Å². The van der Waals surface area contributed by atoms with Crippen LogP contribution in [0.4, 0.5) is 11.5 Å². The van der Waals surface area contributed by atoms with Crippen molar-refractivity contribution < 1.29 is 19.1 Å². The molecule has 0 N–H and O–H groups in total. The molecule has 2 fully saturated rings. The van der Waals surface area contributed by atoms with Crippen LogP contribution in [0.15, 0.2) is 30.3 Å². The van der Waals surface area contributed by atoms with E-state index < -0.39 is 12.0 Å². The molecule has 4 rings (SSSR count). The number of carbonyl (C=O) groups excluding carboxylic acids is 3. The summed E-state index contributed by atoms with van der Waals surface area (Å²) in [6, 6.07) is 7.87. The second-order valence-electron chi connectivity index (χ2n) is 7.99. The minimum absolute atomic E-state index is 0.157. The lowest BCUT2D eigenvalue weighted by Gasteiger charge is -2.37. The summed E-state index contributed by atoms with van der Waals surface area (Å²) >= 11 is 0. The summed E-state index contributed by atoms with van der Waals surface area (Å²) in [5, 5.41) is 0. The van der Waals surface area contributed by atoms with Crippen LogP contribution < -0.4 is 9.80 Å². The van der Waals surface area contributed by atoms with Crippen LogP contribution in [0.25, 0.3) is 0 Å². The molecular formula is C23H27N5O4. The first-order valence-electron chi connectivity index (χ1n) is 10.8. The molecule has 3 heterocycles. The molecule has 0 spiro atoms. The Morgan fingerprint density at radius 1 is 1.06 bits per heavy atom. The third-order valence-corrected chi connectivity index (χ3v) is 5.79. The van der Waals surface area contributed by atoms with E-state index in [1.165, 1.54) is 4.90 Å². The number of piperazine rings is 1. The number of aromatic nitrogens is 2. The first kappa shape index (κ1) is 21.9. The van der Waals surface area contributed by atoms with Gasteiger partial charge in [-0.2, -0.15) is 0 Å². The summed E-state index contributed by atoms with van der Waals surface area (Å²) in [6.45, 7) is 8.64. The van der Waals surface area contributed by atoms with E-state index in [1.807, 2.05) is 19.9 Å². The number of ether oxygens (including phenoxy) is 1. The van der Waals surface area contributed by atoms with Crippen molar-refractivity contribution in [3.05, 3.63) is 47.4 Å². The number of benzene rings is 1. The number of nitrogens with zero attached hydrogens (tertiary/aromatic N) is 5. The third kappa shape index (κ3) is 4.34. The molecule has 1 aromatic carbocycles. The fourth-order valence-corrected chi connectivity index (χ4v) is 4.26. The van der Waals surface area contributed by atoms with Crippen LogP contribution in [0, 0.1) is 13.8 Å². The number of rotatable bonds is 5. The minimum Gasteiger partial charge on any atom is -0.462 e. The maximum absolute atomic E-state index is 13.1. The van der Waals surface area contributed by atoms with E-state index in [0.717, 1.165) is 30.4 Å². The standard InChI is InChI=1S/C23H27N5O4/c1-4-32-23(31)17-5-7-18(8-6-17)28-21(29)14-19(22(28)30)26-9-11-27(12-10-26)20-13-15(2)24-16(3)25-20/h5-8,13,19H,4,9-12,14H2,1-3H3/t19-/m0/s1. The summed E-state index contributed by atoms with van der Waals surface area (Å²) in [4.78, 5) is 52.0. The Hall–Kier alpha value is -3.33. The highest BCUT2D eigenvalue weighted by atomic mass is 16.5. The van der Waals surface area contributed by atoms with E-state index in [9.17, 15) is 14.4 Å². The molecule has 168 valence electrons. The van der Waals surface area contributed by atoms with E-state index in [4.69, 9.17) is 4.74 Å². The SMILES string of the molecule is CCOC(=O)c1ccc(N2C(=O)C[C@H](N3CCN(c4cc(C)nc(C)n4)CC3)C2=O)cc1. The average Bonchev–Trinajstić information content (AvgIpc) is 3.07. The quantitative estimate of drug-likeness (QED) is 0.515. The van der Waals surface area contributed by atoms with Crippen molar-refractivity contribution in [1.29, 1.82) is 0 Å². The van der Waals surface area contributed by atoms with Crippen LogP contribution in [-0.2, 0) is 14.3 Å². The fourth-order valence-electron chi connectivity index (χ4n) is 4.26. The molecule has 2 aliphatic rings. The van der Waals surface area contributed by atoms with Gasteiger partial charge in [-0.05, 0) is 45.0 Å². The number of amides is 2. The summed E-state index contributed by atoms with van der Waals surface area (Å²) in [7, 11) is 0. The molecule has 2 aliphatic heterocycles. The Morgan fingerprint density at radius 3 is 2.38 bits per heavy atom. The van der Waals surface area contributed by atoms with Gasteiger partial charge in [-0.25, -0.2) is 19.7 Å². The second kappa shape index (κ2) is 9.04. The topological polar surface area (TPSA) is 95.9 Å². The number of aryl methyl sites for hydroxylation is 2. The van der Waals surface area contributed by atoms with Gasteiger partial charge in [0.25, 0.3) is 5.91 Å². The third-order valence-electron chi connectivity index (χ3n) is 5.79. The molecule has 9 heteroatoms. The van der Waals surface area contributed by atoms with Gasteiger partial charge in [-0.3, -0.25) is 14.5 Å². The lowest BCUT2D eigenvalue weighted by Crippen LogP contribution is -2.52. The van der Waals surface area contributed by atoms with Gasteiger partial charge < -0.3 is 9.64 Å². The number of hydrogen-bond donors (Lipinski definition) is 0. The highest BCUT2D eigenvalue weighted by Gasteiger charge is 2.43. The van der Waals surface area contributed by atoms with E-state index in [0.29, 0.717) is 24.3 Å². The lowest BCUT2D eigenvalue weighted by atomic mass is 10.1. The normalized spacial score (nSPS) is 19.5. The van der Waals surface area contributed by atoms with Crippen LogP contribution >= 0.6 is 0 Å². The number of hydrogen-bond acceptors (Lipinski definition) is 8. The van der Waals surface area contributed by atoms with Gasteiger partial charge in [0, 0.05) is 37.9 Å². The van der Waals surface area contributed by atoms with E-state index in [1.54, 1.807) is 31.2 Å². The van der Waals surface area contributed by atoms with Crippen LogP contribution in [0.3, 0.4) is 0 Å². The molecule has 2 amide bonds. The average molecular weight is 438 g/mol. The van der Waals surface area contributed by atoms with E-state index in [2.05, 4.69) is 19.8 Å². The Morgan fingerprint density at radius 2 is 1.75 bits per heavy atom. The Balaban J connectivity index is 1.41. The van der Waals surface area contributed by atoms with Gasteiger partial charge in [0.15, 0.2) is 0 Å². The molecule has 1 atom stereocenters. The maximum atomic E-state index is 13.1. The highest BCUT2D eigenvalue weighted by molar-refractivity contribution is 6.22. The molecule has 0 aliphatic carbocycles. The zero-order valence-corrected chi connectivity index (χ0v) is 18.6. The fraction of sp³-hybridized carbons (Fsp3) is 0.435. The molecule has 9 nitrogen and oxygen atoms in total. The van der Waals surface area contributed by atoms with E-state index >= 15 is 0 Å². The highest BCUT2D eigenvalue weighted by Crippen LogP contribution is 2.27. The number of carbonyl (C=O) groups is 3. The molecule has 2 saturated heterocycles. The van der Waals surface area contributed by atoms with Crippen LogP contribution in [-0.4, -0.2) is 71.5 Å². The van der Waals surface area contributed by atoms with Crippen molar-refractivity contribution in [2.24, 2.45) is 0 Å².